The molecule has 1 aliphatic heterocycles. The van der Waals surface area contributed by atoms with E-state index in [0.717, 1.165) is 31.7 Å². The maximum atomic E-state index is 12.0. The largest absolute Gasteiger partial charge is 0.395 e. The zero-order chi connectivity index (χ0) is 14.7. The van der Waals surface area contributed by atoms with Gasteiger partial charge in [0.2, 0.25) is 0 Å². The van der Waals surface area contributed by atoms with E-state index in [0.29, 0.717) is 0 Å². The molecular formula is C16H19N3O2. The van der Waals surface area contributed by atoms with E-state index < -0.39 is 0 Å². The van der Waals surface area contributed by atoms with E-state index in [9.17, 15) is 4.79 Å². The standard InChI is InChI=1S/C16H19N3O2/c20-10-9-19-12-17-15(11-16(19)21)18-7-5-13-3-1-2-4-14(13)6-8-18/h1-4,11-12,20H,5-10H2. The highest BCUT2D eigenvalue weighted by molar-refractivity contribution is 5.40. The predicted octanol–water partition coefficient (Wildman–Crippen LogP) is 0.841. The molecule has 0 aliphatic carbocycles. The second-order valence-electron chi connectivity index (χ2n) is 5.26. The summed E-state index contributed by atoms with van der Waals surface area (Å²) < 4.78 is 1.43. The SMILES string of the molecule is O=c1cc(N2CCc3ccccc3CC2)ncn1CCO. The molecule has 0 saturated heterocycles. The maximum Gasteiger partial charge on any atom is 0.255 e. The molecule has 0 saturated carbocycles. The highest BCUT2D eigenvalue weighted by atomic mass is 16.3. The topological polar surface area (TPSA) is 58.4 Å². The Morgan fingerprint density at radius 3 is 2.38 bits per heavy atom. The van der Waals surface area contributed by atoms with Crippen LogP contribution in [0.4, 0.5) is 5.82 Å². The van der Waals surface area contributed by atoms with Gasteiger partial charge in [0.25, 0.3) is 5.56 Å². The highest BCUT2D eigenvalue weighted by Crippen LogP contribution is 2.18. The number of benzene rings is 1. The van der Waals surface area contributed by atoms with Crippen LogP contribution < -0.4 is 10.5 Å². The molecular weight excluding hydrogens is 266 g/mol. The minimum Gasteiger partial charge on any atom is -0.395 e. The smallest absolute Gasteiger partial charge is 0.255 e. The minimum atomic E-state index is -0.115. The Kier molecular flexibility index (Phi) is 4.01. The Bertz CT molecular complexity index is 654. The molecule has 21 heavy (non-hydrogen) atoms. The summed E-state index contributed by atoms with van der Waals surface area (Å²) in [7, 11) is 0. The van der Waals surface area contributed by atoms with Gasteiger partial charge in [-0.25, -0.2) is 4.98 Å². The van der Waals surface area contributed by atoms with Crippen molar-refractivity contribution in [3.63, 3.8) is 0 Å². The summed E-state index contributed by atoms with van der Waals surface area (Å²) in [6.07, 6.45) is 3.46. The van der Waals surface area contributed by atoms with Crippen LogP contribution >= 0.6 is 0 Å². The molecule has 1 aromatic heterocycles. The van der Waals surface area contributed by atoms with Gasteiger partial charge in [0.1, 0.15) is 5.82 Å². The van der Waals surface area contributed by atoms with Crippen LogP contribution in [0.25, 0.3) is 0 Å². The van der Waals surface area contributed by atoms with Gasteiger partial charge in [-0.15, -0.1) is 0 Å². The van der Waals surface area contributed by atoms with Crippen molar-refractivity contribution in [2.24, 2.45) is 0 Å². The predicted molar refractivity (Wildman–Crippen MR) is 81.6 cm³/mol. The number of rotatable bonds is 3. The number of anilines is 1. The summed E-state index contributed by atoms with van der Waals surface area (Å²) in [5, 5.41) is 8.90. The van der Waals surface area contributed by atoms with Crippen molar-refractivity contribution in [2.75, 3.05) is 24.6 Å². The number of hydrogen-bond donors (Lipinski definition) is 1. The molecule has 5 heteroatoms. The summed E-state index contributed by atoms with van der Waals surface area (Å²) >= 11 is 0. The van der Waals surface area contributed by atoms with Crippen molar-refractivity contribution in [1.82, 2.24) is 9.55 Å². The number of nitrogens with zero attached hydrogens (tertiary/aromatic N) is 3. The van der Waals surface area contributed by atoms with E-state index in [1.165, 1.54) is 22.0 Å². The third kappa shape index (κ3) is 2.97. The Morgan fingerprint density at radius 2 is 1.81 bits per heavy atom. The first kappa shape index (κ1) is 13.8. The number of fused-ring (bicyclic) bond motifs is 1. The average molecular weight is 285 g/mol. The van der Waals surface area contributed by atoms with Crippen LogP contribution in [0.2, 0.25) is 0 Å². The van der Waals surface area contributed by atoms with Gasteiger partial charge >= 0.3 is 0 Å². The molecule has 1 aliphatic rings. The van der Waals surface area contributed by atoms with Gasteiger partial charge in [0.05, 0.1) is 19.5 Å². The minimum absolute atomic E-state index is 0.0556. The molecule has 0 fully saturated rings. The number of hydrogen-bond acceptors (Lipinski definition) is 4. The molecule has 0 spiro atoms. The molecule has 2 aromatic rings. The molecule has 2 heterocycles. The maximum absolute atomic E-state index is 12.0. The fourth-order valence-corrected chi connectivity index (χ4v) is 2.76. The number of aliphatic hydroxyl groups is 1. The Balaban J connectivity index is 1.80. The van der Waals surface area contributed by atoms with Gasteiger partial charge < -0.3 is 10.0 Å². The summed E-state index contributed by atoms with van der Waals surface area (Å²) in [6, 6.07) is 10.0. The van der Waals surface area contributed by atoms with Crippen molar-refractivity contribution in [3.8, 4) is 0 Å². The van der Waals surface area contributed by atoms with Gasteiger partial charge in [0.15, 0.2) is 0 Å². The third-order valence-corrected chi connectivity index (χ3v) is 3.95. The van der Waals surface area contributed by atoms with Crippen LogP contribution in [0, 0.1) is 0 Å². The first-order chi connectivity index (χ1) is 10.3. The number of aliphatic hydroxyl groups excluding tert-OH is 1. The van der Waals surface area contributed by atoms with Gasteiger partial charge in [-0.05, 0) is 24.0 Å². The first-order valence-electron chi connectivity index (χ1n) is 7.27. The van der Waals surface area contributed by atoms with Gasteiger partial charge in [0, 0.05) is 19.2 Å². The average Bonchev–Trinajstić information content (AvgIpc) is 2.72. The van der Waals surface area contributed by atoms with Crippen LogP contribution in [0.15, 0.2) is 41.5 Å². The lowest BCUT2D eigenvalue weighted by Gasteiger charge is -2.21. The second kappa shape index (κ2) is 6.10. The van der Waals surface area contributed by atoms with E-state index >= 15 is 0 Å². The van der Waals surface area contributed by atoms with Gasteiger partial charge in [-0.1, -0.05) is 24.3 Å². The normalized spacial score (nSPS) is 14.6. The van der Waals surface area contributed by atoms with E-state index in [2.05, 4.69) is 34.1 Å². The van der Waals surface area contributed by atoms with Crippen molar-refractivity contribution in [1.29, 1.82) is 0 Å². The Hall–Kier alpha value is -2.14. The van der Waals surface area contributed by atoms with Crippen LogP contribution in [-0.4, -0.2) is 34.4 Å². The van der Waals surface area contributed by atoms with Crippen molar-refractivity contribution in [2.45, 2.75) is 19.4 Å². The lowest BCUT2D eigenvalue weighted by atomic mass is 10.0. The van der Waals surface area contributed by atoms with E-state index in [-0.39, 0.29) is 18.7 Å². The molecule has 0 amide bonds. The highest BCUT2D eigenvalue weighted by Gasteiger charge is 2.15. The Morgan fingerprint density at radius 1 is 1.14 bits per heavy atom. The molecule has 3 rings (SSSR count). The van der Waals surface area contributed by atoms with Crippen LogP contribution in [0.3, 0.4) is 0 Å². The van der Waals surface area contributed by atoms with E-state index in [1.807, 2.05) is 0 Å². The zero-order valence-corrected chi connectivity index (χ0v) is 11.9. The zero-order valence-electron chi connectivity index (χ0n) is 11.9. The summed E-state index contributed by atoms with van der Waals surface area (Å²) in [6.45, 7) is 1.97. The molecule has 0 radical (unpaired) electrons. The van der Waals surface area contributed by atoms with Crippen LogP contribution in [0.1, 0.15) is 11.1 Å². The van der Waals surface area contributed by atoms with Crippen molar-refractivity contribution in [3.05, 3.63) is 58.1 Å². The van der Waals surface area contributed by atoms with Gasteiger partial charge in [-0.3, -0.25) is 9.36 Å². The van der Waals surface area contributed by atoms with E-state index in [4.69, 9.17) is 5.11 Å². The quantitative estimate of drug-likeness (QED) is 0.908. The second-order valence-corrected chi connectivity index (χ2v) is 5.26. The summed E-state index contributed by atoms with van der Waals surface area (Å²) in [5.74, 6) is 0.724. The fourth-order valence-electron chi connectivity index (χ4n) is 2.76. The van der Waals surface area contributed by atoms with Crippen molar-refractivity contribution >= 4 is 5.82 Å². The molecule has 0 bridgehead atoms. The molecule has 1 aromatic carbocycles. The molecule has 1 N–H and O–H groups in total. The molecule has 110 valence electrons. The first-order valence-corrected chi connectivity index (χ1v) is 7.27. The Labute approximate surface area is 123 Å². The van der Waals surface area contributed by atoms with Crippen molar-refractivity contribution < 1.29 is 5.11 Å². The summed E-state index contributed by atoms with van der Waals surface area (Å²) in [4.78, 5) is 18.5. The van der Waals surface area contributed by atoms with Crippen LogP contribution in [-0.2, 0) is 19.4 Å². The summed E-state index contributed by atoms with van der Waals surface area (Å²) in [5.41, 5.74) is 2.65. The van der Waals surface area contributed by atoms with E-state index in [1.54, 1.807) is 6.07 Å². The third-order valence-electron chi connectivity index (χ3n) is 3.95. The van der Waals surface area contributed by atoms with Crippen LogP contribution in [0.5, 0.6) is 0 Å². The lowest BCUT2D eigenvalue weighted by molar-refractivity contribution is 0.273. The number of aromatic nitrogens is 2. The molecule has 0 unspecified atom stereocenters. The monoisotopic (exact) mass is 285 g/mol. The molecule has 5 nitrogen and oxygen atoms in total. The van der Waals surface area contributed by atoms with Gasteiger partial charge in [-0.2, -0.15) is 0 Å². The lowest BCUT2D eigenvalue weighted by Crippen LogP contribution is -2.30. The molecule has 0 atom stereocenters. The fraction of sp³-hybridized carbons (Fsp3) is 0.375.